The van der Waals surface area contributed by atoms with Gasteiger partial charge in [-0.1, -0.05) is 17.9 Å². The number of amides is 1. The van der Waals surface area contributed by atoms with Crippen molar-refractivity contribution in [2.24, 2.45) is 0 Å². The monoisotopic (exact) mass is 311 g/mol. The number of hydrogen-bond acceptors (Lipinski definition) is 3. The van der Waals surface area contributed by atoms with Crippen molar-refractivity contribution in [1.82, 2.24) is 15.1 Å². The summed E-state index contributed by atoms with van der Waals surface area (Å²) in [6.45, 7) is 1.03. The summed E-state index contributed by atoms with van der Waals surface area (Å²) in [6.07, 6.45) is 0.823. The Morgan fingerprint density at radius 2 is 2.22 bits per heavy atom. The Hall–Kier alpha value is -2.78. The molecule has 1 unspecified atom stereocenters. The molecule has 6 heteroatoms. The summed E-state index contributed by atoms with van der Waals surface area (Å²) in [5.41, 5.74) is 1.97. The average Bonchev–Trinajstić information content (AvgIpc) is 3.21. The lowest BCUT2D eigenvalue weighted by Gasteiger charge is -2.16. The zero-order valence-electron chi connectivity index (χ0n) is 12.5. The molecule has 118 valence electrons. The van der Waals surface area contributed by atoms with Crippen LogP contribution in [0.4, 0.5) is 0 Å². The highest BCUT2D eigenvalue weighted by molar-refractivity contribution is 5.94. The van der Waals surface area contributed by atoms with Gasteiger partial charge in [-0.15, -0.1) is 0 Å². The van der Waals surface area contributed by atoms with E-state index >= 15 is 0 Å². The topological polar surface area (TPSA) is 89.2 Å². The number of H-pyrrole nitrogens is 2. The van der Waals surface area contributed by atoms with Crippen molar-refractivity contribution in [3.8, 4) is 11.8 Å². The van der Waals surface area contributed by atoms with Crippen LogP contribution in [0, 0.1) is 11.8 Å². The highest BCUT2D eigenvalue weighted by Crippen LogP contribution is 2.26. The number of aromatic nitrogens is 2. The van der Waals surface area contributed by atoms with Crippen LogP contribution < -0.4 is 5.56 Å². The lowest BCUT2D eigenvalue weighted by Crippen LogP contribution is -2.28. The van der Waals surface area contributed by atoms with Crippen molar-refractivity contribution in [3.05, 3.63) is 57.5 Å². The molecule has 0 radical (unpaired) electrons. The molecule has 1 aliphatic heterocycles. The molecule has 1 atom stereocenters. The van der Waals surface area contributed by atoms with Crippen LogP contribution in [0.5, 0.6) is 0 Å². The number of hydrogen-bond donors (Lipinski definition) is 3. The zero-order valence-corrected chi connectivity index (χ0v) is 12.5. The molecule has 1 aromatic heterocycles. The molecule has 1 saturated heterocycles. The third-order valence-corrected chi connectivity index (χ3v) is 3.95. The van der Waals surface area contributed by atoms with E-state index in [1.54, 1.807) is 35.2 Å². The summed E-state index contributed by atoms with van der Waals surface area (Å²) in [5.74, 6) is 5.48. The molecular formula is C17H17N3O3. The van der Waals surface area contributed by atoms with Crippen LogP contribution >= 0.6 is 0 Å². The first-order valence-electron chi connectivity index (χ1n) is 7.44. The summed E-state index contributed by atoms with van der Waals surface area (Å²) >= 11 is 0. The molecule has 6 nitrogen and oxygen atoms in total. The zero-order chi connectivity index (χ0) is 16.2. The lowest BCUT2D eigenvalue weighted by molar-refractivity contribution is 0.0790. The summed E-state index contributed by atoms with van der Waals surface area (Å²) in [5, 5.41) is 14.1. The largest absolute Gasteiger partial charge is 0.384 e. The number of benzene rings is 1. The van der Waals surface area contributed by atoms with E-state index in [2.05, 4.69) is 22.0 Å². The van der Waals surface area contributed by atoms with Crippen molar-refractivity contribution in [2.45, 2.75) is 12.3 Å². The van der Waals surface area contributed by atoms with Crippen molar-refractivity contribution >= 4 is 5.91 Å². The number of aliphatic hydroxyl groups excluding tert-OH is 1. The summed E-state index contributed by atoms with van der Waals surface area (Å²) in [4.78, 5) is 25.6. The average molecular weight is 311 g/mol. The number of carbonyl (C=O) groups excluding carboxylic acids is 1. The van der Waals surface area contributed by atoms with Crippen LogP contribution in [0.25, 0.3) is 0 Å². The second-order valence-corrected chi connectivity index (χ2v) is 5.49. The van der Waals surface area contributed by atoms with E-state index in [1.807, 2.05) is 0 Å². The number of nitrogens with one attached hydrogen (secondary N) is 2. The van der Waals surface area contributed by atoms with Gasteiger partial charge in [0.25, 0.3) is 11.5 Å². The summed E-state index contributed by atoms with van der Waals surface area (Å²) < 4.78 is 0. The van der Waals surface area contributed by atoms with Crippen LogP contribution in [-0.4, -0.2) is 45.8 Å². The molecule has 1 fully saturated rings. The lowest BCUT2D eigenvalue weighted by atomic mass is 10.1. The molecule has 2 heterocycles. The molecule has 1 aromatic carbocycles. The minimum Gasteiger partial charge on any atom is -0.384 e. The van der Waals surface area contributed by atoms with E-state index in [0.29, 0.717) is 24.2 Å². The molecule has 3 N–H and O–H groups in total. The van der Waals surface area contributed by atoms with Gasteiger partial charge >= 0.3 is 0 Å². The van der Waals surface area contributed by atoms with E-state index in [-0.39, 0.29) is 24.0 Å². The van der Waals surface area contributed by atoms with Gasteiger partial charge in [0, 0.05) is 41.9 Å². The molecule has 0 spiro atoms. The third-order valence-electron chi connectivity index (χ3n) is 3.95. The van der Waals surface area contributed by atoms with Gasteiger partial charge in [-0.3, -0.25) is 14.7 Å². The number of aromatic amines is 2. The van der Waals surface area contributed by atoms with Gasteiger partial charge < -0.3 is 15.1 Å². The highest BCUT2D eigenvalue weighted by Gasteiger charge is 2.28. The van der Waals surface area contributed by atoms with Gasteiger partial charge in [0.1, 0.15) is 6.61 Å². The fourth-order valence-electron chi connectivity index (χ4n) is 2.82. The number of carbonyl (C=O) groups is 1. The molecule has 3 rings (SSSR count). The predicted octanol–water partition coefficient (Wildman–Crippen LogP) is 0.676. The van der Waals surface area contributed by atoms with E-state index in [0.717, 1.165) is 12.1 Å². The Balaban J connectivity index is 1.73. The van der Waals surface area contributed by atoms with Crippen LogP contribution in [0.3, 0.4) is 0 Å². The van der Waals surface area contributed by atoms with E-state index < -0.39 is 0 Å². The molecule has 1 aliphatic rings. The first-order chi connectivity index (χ1) is 11.2. The van der Waals surface area contributed by atoms with Gasteiger partial charge in [-0.25, -0.2) is 0 Å². The summed E-state index contributed by atoms with van der Waals surface area (Å²) in [7, 11) is 0. The van der Waals surface area contributed by atoms with E-state index in [9.17, 15) is 9.59 Å². The third kappa shape index (κ3) is 3.35. The second-order valence-electron chi connectivity index (χ2n) is 5.49. The number of nitrogens with zero attached hydrogens (tertiary/aromatic N) is 1. The quantitative estimate of drug-likeness (QED) is 0.712. The van der Waals surface area contributed by atoms with E-state index in [1.165, 1.54) is 0 Å². The van der Waals surface area contributed by atoms with Gasteiger partial charge in [0.15, 0.2) is 0 Å². The second kappa shape index (κ2) is 6.55. The number of likely N-dealkylation sites (tertiary alicyclic amines) is 1. The predicted molar refractivity (Wildman–Crippen MR) is 85.1 cm³/mol. The molecule has 0 aliphatic carbocycles. The van der Waals surface area contributed by atoms with Crippen LogP contribution in [0.2, 0.25) is 0 Å². The Morgan fingerprint density at radius 3 is 2.96 bits per heavy atom. The normalized spacial score (nSPS) is 16.9. The Bertz CT molecular complexity index is 825. The first-order valence-corrected chi connectivity index (χ1v) is 7.44. The molecule has 0 saturated carbocycles. The number of aliphatic hydroxyl groups is 1. The van der Waals surface area contributed by atoms with Crippen LogP contribution in [-0.2, 0) is 0 Å². The van der Waals surface area contributed by atoms with E-state index in [4.69, 9.17) is 5.11 Å². The minimum absolute atomic E-state index is 0.0435. The standard InChI is InChI=1S/C17H17N3O3/c21-8-2-4-12-3-1-5-13(9-12)17(23)20-7-6-14(11-20)15-10-16(22)19-18-15/h1,3,5,9-10,14,21H,6-8,11H2,(H2,18,19,22). The van der Waals surface area contributed by atoms with Gasteiger partial charge in [-0.2, -0.15) is 0 Å². The molecule has 0 bridgehead atoms. The van der Waals surface area contributed by atoms with Crippen LogP contribution in [0.1, 0.15) is 34.0 Å². The Labute approximate surface area is 133 Å². The van der Waals surface area contributed by atoms with Crippen molar-refractivity contribution < 1.29 is 9.90 Å². The Kier molecular flexibility index (Phi) is 4.31. The SMILES string of the molecule is O=C(c1cccc(C#CCO)c1)N1CCC(c2cc(=O)[nH][nH]2)C1. The maximum Gasteiger partial charge on any atom is 0.264 e. The smallest absolute Gasteiger partial charge is 0.264 e. The molecule has 1 amide bonds. The number of rotatable bonds is 2. The maximum absolute atomic E-state index is 12.6. The van der Waals surface area contributed by atoms with Crippen molar-refractivity contribution in [3.63, 3.8) is 0 Å². The van der Waals surface area contributed by atoms with Crippen LogP contribution in [0.15, 0.2) is 35.1 Å². The maximum atomic E-state index is 12.6. The highest BCUT2D eigenvalue weighted by atomic mass is 16.2. The summed E-state index contributed by atoms with van der Waals surface area (Å²) in [6, 6.07) is 8.63. The molecular weight excluding hydrogens is 294 g/mol. The van der Waals surface area contributed by atoms with Gasteiger partial charge in [-0.05, 0) is 24.6 Å². The Morgan fingerprint density at radius 1 is 1.35 bits per heavy atom. The van der Waals surface area contributed by atoms with Gasteiger partial charge in [0.2, 0.25) is 0 Å². The minimum atomic E-state index is -0.207. The fraction of sp³-hybridized carbons (Fsp3) is 0.294. The molecule has 2 aromatic rings. The van der Waals surface area contributed by atoms with Crippen molar-refractivity contribution in [1.29, 1.82) is 0 Å². The van der Waals surface area contributed by atoms with Crippen molar-refractivity contribution in [2.75, 3.05) is 19.7 Å². The van der Waals surface area contributed by atoms with Gasteiger partial charge in [0.05, 0.1) is 0 Å². The molecule has 23 heavy (non-hydrogen) atoms. The first kappa shape index (κ1) is 15.1. The fourth-order valence-corrected chi connectivity index (χ4v) is 2.82.